The second-order valence-corrected chi connectivity index (χ2v) is 4.95. The lowest BCUT2D eigenvalue weighted by Crippen LogP contribution is -2.35. The maximum Gasteiger partial charge on any atom is 0.226 e. The number of aromatic hydroxyl groups is 1. The third-order valence-corrected chi connectivity index (χ3v) is 3.11. The predicted molar refractivity (Wildman–Crippen MR) is 72.5 cm³/mol. The molecule has 1 rings (SSSR count). The minimum Gasteiger partial charge on any atom is -0.507 e. The number of aryl methyl sites for hydroxylation is 2. The van der Waals surface area contributed by atoms with Gasteiger partial charge in [-0.3, -0.25) is 4.79 Å². The minimum absolute atomic E-state index is 0.0425. The number of phenolic OH excluding ortho intramolecular Hbond substituents is 1. The van der Waals surface area contributed by atoms with Crippen LogP contribution in [0.2, 0.25) is 0 Å². The molecule has 0 fully saturated rings. The van der Waals surface area contributed by atoms with Gasteiger partial charge in [-0.2, -0.15) is 0 Å². The summed E-state index contributed by atoms with van der Waals surface area (Å²) in [6.45, 7) is 4.05. The van der Waals surface area contributed by atoms with Crippen LogP contribution in [0.15, 0.2) is 12.1 Å². The molecule has 4 nitrogen and oxygen atoms in total. The summed E-state index contributed by atoms with van der Waals surface area (Å²) in [7, 11) is 3.47. The summed E-state index contributed by atoms with van der Waals surface area (Å²) in [5, 5.41) is 9.72. The lowest BCUT2D eigenvalue weighted by Gasteiger charge is -2.19. The molecule has 100 valence electrons. The standard InChI is InChI=1S/C14H22N2O2/c1-9-5-11(6-10(2)13(9)17)7-12(8-15)14(18)16(3)4/h5-6,12,17H,7-8,15H2,1-4H3. The Morgan fingerprint density at radius 1 is 1.33 bits per heavy atom. The van der Waals surface area contributed by atoms with Gasteiger partial charge in [0.05, 0.1) is 5.92 Å². The smallest absolute Gasteiger partial charge is 0.226 e. The molecular weight excluding hydrogens is 228 g/mol. The first kappa shape index (κ1) is 14.5. The van der Waals surface area contributed by atoms with Crippen LogP contribution in [0.3, 0.4) is 0 Å². The Morgan fingerprint density at radius 3 is 2.22 bits per heavy atom. The topological polar surface area (TPSA) is 66.6 Å². The van der Waals surface area contributed by atoms with E-state index in [0.29, 0.717) is 18.7 Å². The fourth-order valence-corrected chi connectivity index (χ4v) is 2.08. The highest BCUT2D eigenvalue weighted by molar-refractivity contribution is 5.78. The van der Waals surface area contributed by atoms with Gasteiger partial charge in [0, 0.05) is 20.6 Å². The monoisotopic (exact) mass is 250 g/mol. The van der Waals surface area contributed by atoms with Crippen molar-refractivity contribution in [3.05, 3.63) is 28.8 Å². The maximum absolute atomic E-state index is 11.9. The van der Waals surface area contributed by atoms with E-state index in [-0.39, 0.29) is 11.8 Å². The van der Waals surface area contributed by atoms with E-state index in [1.807, 2.05) is 26.0 Å². The van der Waals surface area contributed by atoms with Crippen LogP contribution in [0.4, 0.5) is 0 Å². The van der Waals surface area contributed by atoms with Crippen LogP contribution in [0.25, 0.3) is 0 Å². The van der Waals surface area contributed by atoms with Crippen molar-refractivity contribution >= 4 is 5.91 Å². The van der Waals surface area contributed by atoms with E-state index in [4.69, 9.17) is 5.73 Å². The zero-order valence-electron chi connectivity index (χ0n) is 11.5. The summed E-state index contributed by atoms with van der Waals surface area (Å²) in [6.07, 6.45) is 0.607. The van der Waals surface area contributed by atoms with Gasteiger partial charge in [-0.05, 0) is 37.0 Å². The Bertz CT molecular complexity index is 418. The molecule has 18 heavy (non-hydrogen) atoms. The number of carbonyl (C=O) groups excluding carboxylic acids is 1. The van der Waals surface area contributed by atoms with Crippen LogP contribution in [-0.4, -0.2) is 36.6 Å². The third kappa shape index (κ3) is 3.23. The summed E-state index contributed by atoms with van der Waals surface area (Å²) < 4.78 is 0. The SMILES string of the molecule is Cc1cc(CC(CN)C(=O)N(C)C)cc(C)c1O. The Hall–Kier alpha value is -1.55. The van der Waals surface area contributed by atoms with Gasteiger partial charge in [-0.1, -0.05) is 12.1 Å². The van der Waals surface area contributed by atoms with E-state index in [9.17, 15) is 9.90 Å². The van der Waals surface area contributed by atoms with E-state index in [0.717, 1.165) is 16.7 Å². The number of rotatable bonds is 4. The van der Waals surface area contributed by atoms with Crippen molar-refractivity contribution in [3.8, 4) is 5.75 Å². The van der Waals surface area contributed by atoms with E-state index in [1.165, 1.54) is 0 Å². The van der Waals surface area contributed by atoms with Gasteiger partial charge in [0.15, 0.2) is 0 Å². The van der Waals surface area contributed by atoms with Crippen molar-refractivity contribution in [3.63, 3.8) is 0 Å². The van der Waals surface area contributed by atoms with Gasteiger partial charge in [0.1, 0.15) is 5.75 Å². The molecule has 3 N–H and O–H groups in total. The summed E-state index contributed by atoms with van der Waals surface area (Å²) in [4.78, 5) is 13.5. The fourth-order valence-electron chi connectivity index (χ4n) is 2.08. The van der Waals surface area contributed by atoms with Crippen molar-refractivity contribution < 1.29 is 9.90 Å². The lowest BCUT2D eigenvalue weighted by molar-refractivity contribution is -0.132. The molecule has 1 aromatic carbocycles. The molecule has 1 atom stereocenters. The third-order valence-electron chi connectivity index (χ3n) is 3.11. The number of carbonyl (C=O) groups is 1. The number of amides is 1. The second-order valence-electron chi connectivity index (χ2n) is 4.95. The molecule has 0 spiro atoms. The zero-order valence-corrected chi connectivity index (χ0v) is 11.5. The molecule has 0 radical (unpaired) electrons. The molecule has 0 aliphatic heterocycles. The number of nitrogens with zero attached hydrogens (tertiary/aromatic N) is 1. The number of nitrogens with two attached hydrogens (primary N) is 1. The average Bonchev–Trinajstić information content (AvgIpc) is 2.31. The molecule has 0 heterocycles. The zero-order chi connectivity index (χ0) is 13.9. The van der Waals surface area contributed by atoms with Gasteiger partial charge >= 0.3 is 0 Å². The Labute approximate surface area is 108 Å². The first-order valence-corrected chi connectivity index (χ1v) is 6.07. The number of hydrogen-bond acceptors (Lipinski definition) is 3. The van der Waals surface area contributed by atoms with Crippen LogP contribution in [0.1, 0.15) is 16.7 Å². The van der Waals surface area contributed by atoms with E-state index >= 15 is 0 Å². The van der Waals surface area contributed by atoms with Crippen LogP contribution in [-0.2, 0) is 11.2 Å². The molecule has 0 aliphatic carbocycles. The van der Waals surface area contributed by atoms with Crippen molar-refractivity contribution in [2.24, 2.45) is 11.7 Å². The van der Waals surface area contributed by atoms with Crippen LogP contribution >= 0.6 is 0 Å². The molecule has 1 unspecified atom stereocenters. The quantitative estimate of drug-likeness (QED) is 0.844. The number of benzene rings is 1. The molecule has 0 saturated carbocycles. The van der Waals surface area contributed by atoms with Gasteiger partial charge in [-0.15, -0.1) is 0 Å². The fraction of sp³-hybridized carbons (Fsp3) is 0.500. The summed E-state index contributed by atoms with van der Waals surface area (Å²) in [5.41, 5.74) is 8.37. The highest BCUT2D eigenvalue weighted by Crippen LogP contribution is 2.24. The number of phenols is 1. The van der Waals surface area contributed by atoms with E-state index in [1.54, 1.807) is 19.0 Å². The summed E-state index contributed by atoms with van der Waals surface area (Å²) in [5.74, 6) is 0.159. The molecule has 0 bridgehead atoms. The van der Waals surface area contributed by atoms with Crippen LogP contribution < -0.4 is 5.73 Å². The molecule has 1 amide bonds. The molecule has 0 aliphatic rings. The maximum atomic E-state index is 11.9. The van der Waals surface area contributed by atoms with Crippen molar-refractivity contribution in [1.29, 1.82) is 0 Å². The predicted octanol–water partition coefficient (Wildman–Crippen LogP) is 1.21. The Balaban J connectivity index is 2.92. The molecular formula is C14H22N2O2. The van der Waals surface area contributed by atoms with Crippen molar-refractivity contribution in [2.75, 3.05) is 20.6 Å². The summed E-state index contributed by atoms with van der Waals surface area (Å²) in [6, 6.07) is 3.82. The lowest BCUT2D eigenvalue weighted by atomic mass is 9.95. The van der Waals surface area contributed by atoms with Gasteiger partial charge in [0.2, 0.25) is 5.91 Å². The molecule has 0 aromatic heterocycles. The molecule has 0 saturated heterocycles. The first-order valence-electron chi connectivity index (χ1n) is 6.07. The normalized spacial score (nSPS) is 12.3. The van der Waals surface area contributed by atoms with E-state index < -0.39 is 0 Å². The van der Waals surface area contributed by atoms with E-state index in [2.05, 4.69) is 0 Å². The largest absolute Gasteiger partial charge is 0.507 e. The van der Waals surface area contributed by atoms with Crippen LogP contribution in [0.5, 0.6) is 5.75 Å². The average molecular weight is 250 g/mol. The highest BCUT2D eigenvalue weighted by atomic mass is 16.3. The first-order chi connectivity index (χ1) is 8.36. The Morgan fingerprint density at radius 2 is 1.83 bits per heavy atom. The highest BCUT2D eigenvalue weighted by Gasteiger charge is 2.19. The molecule has 4 heteroatoms. The number of hydrogen-bond donors (Lipinski definition) is 2. The van der Waals surface area contributed by atoms with Crippen molar-refractivity contribution in [1.82, 2.24) is 4.90 Å². The molecule has 1 aromatic rings. The Kier molecular flexibility index (Phi) is 4.73. The van der Waals surface area contributed by atoms with Gasteiger partial charge in [-0.25, -0.2) is 0 Å². The van der Waals surface area contributed by atoms with Gasteiger partial charge < -0.3 is 15.7 Å². The minimum atomic E-state index is -0.205. The van der Waals surface area contributed by atoms with Crippen molar-refractivity contribution in [2.45, 2.75) is 20.3 Å². The second kappa shape index (κ2) is 5.87. The van der Waals surface area contributed by atoms with Crippen LogP contribution in [0, 0.1) is 19.8 Å². The summed E-state index contributed by atoms with van der Waals surface area (Å²) >= 11 is 0. The van der Waals surface area contributed by atoms with Gasteiger partial charge in [0.25, 0.3) is 0 Å².